The van der Waals surface area contributed by atoms with Crippen molar-refractivity contribution in [2.24, 2.45) is 17.3 Å². The van der Waals surface area contributed by atoms with Gasteiger partial charge >= 0.3 is 12.1 Å². The highest BCUT2D eigenvalue weighted by molar-refractivity contribution is 7.14. The van der Waals surface area contributed by atoms with Crippen LogP contribution >= 0.6 is 22.9 Å². The van der Waals surface area contributed by atoms with Crippen molar-refractivity contribution in [2.75, 3.05) is 18.5 Å². The number of benzene rings is 1. The van der Waals surface area contributed by atoms with Gasteiger partial charge in [-0.3, -0.25) is 9.59 Å². The number of aliphatic carboxylic acids is 1. The van der Waals surface area contributed by atoms with Crippen molar-refractivity contribution < 1.29 is 38.5 Å². The first-order valence-corrected chi connectivity index (χ1v) is 21.6. The van der Waals surface area contributed by atoms with Gasteiger partial charge in [-0.15, -0.1) is 11.3 Å². The van der Waals surface area contributed by atoms with E-state index in [1.165, 1.54) is 16.2 Å². The number of carbonyl (C=O) groups excluding carboxylic acids is 3. The van der Waals surface area contributed by atoms with E-state index in [1.54, 1.807) is 18.2 Å². The van der Waals surface area contributed by atoms with Crippen molar-refractivity contribution in [3.63, 3.8) is 0 Å². The van der Waals surface area contributed by atoms with Crippen molar-refractivity contribution in [1.29, 1.82) is 5.26 Å². The van der Waals surface area contributed by atoms with Gasteiger partial charge in [0.05, 0.1) is 17.8 Å². The number of nitrogens with zero attached hydrogens (tertiary/aromatic N) is 4. The number of thiazole rings is 1. The van der Waals surface area contributed by atoms with E-state index in [-0.39, 0.29) is 54.8 Å². The fourth-order valence-electron chi connectivity index (χ4n) is 8.14. The van der Waals surface area contributed by atoms with Gasteiger partial charge in [0, 0.05) is 29.3 Å². The van der Waals surface area contributed by atoms with Crippen LogP contribution in [0.1, 0.15) is 93.4 Å². The summed E-state index contributed by atoms with van der Waals surface area (Å²) in [5.41, 5.74) is -0.929. The molecular formula is C42H54ClN7O8S. The van der Waals surface area contributed by atoms with Crippen LogP contribution in [0.5, 0.6) is 11.5 Å². The van der Waals surface area contributed by atoms with E-state index in [4.69, 9.17) is 41.0 Å². The summed E-state index contributed by atoms with van der Waals surface area (Å²) in [6.45, 7) is 13.1. The monoisotopic (exact) mass is 851 g/mol. The quantitative estimate of drug-likeness (QED) is 0.120. The van der Waals surface area contributed by atoms with Crippen molar-refractivity contribution in [3.8, 4) is 29.0 Å². The molecule has 3 aliphatic rings. The first-order valence-electron chi connectivity index (χ1n) is 20.3. The number of alkyl carbamates (subject to hydrolysis) is 1. The summed E-state index contributed by atoms with van der Waals surface area (Å²) in [5, 5.41) is 31.4. The first-order chi connectivity index (χ1) is 28.0. The van der Waals surface area contributed by atoms with Crippen molar-refractivity contribution in [2.45, 2.75) is 129 Å². The molecule has 0 radical (unpaired) electrons. The van der Waals surface area contributed by atoms with E-state index in [1.807, 2.05) is 53.0 Å². The molecule has 1 aromatic carbocycles. The zero-order valence-electron chi connectivity index (χ0n) is 34.6. The molecule has 6 rings (SSSR count). The van der Waals surface area contributed by atoms with Gasteiger partial charge in [-0.05, 0) is 68.9 Å². The van der Waals surface area contributed by atoms with Crippen LogP contribution in [0.25, 0.3) is 22.3 Å². The molecule has 2 aliphatic carbocycles. The summed E-state index contributed by atoms with van der Waals surface area (Å²) in [6, 6.07) is 4.90. The Morgan fingerprint density at radius 1 is 1.08 bits per heavy atom. The maximum absolute atomic E-state index is 14.7. The zero-order chi connectivity index (χ0) is 42.8. The molecule has 1 unspecified atom stereocenters. The van der Waals surface area contributed by atoms with E-state index in [0.29, 0.717) is 45.5 Å². The number of carboxylic acid groups (broad SMARTS) is 1. The van der Waals surface area contributed by atoms with Crippen molar-refractivity contribution in [3.05, 3.63) is 28.6 Å². The smallest absolute Gasteiger partial charge is 0.408 e. The number of pyridine rings is 1. The molecule has 1 saturated heterocycles. The van der Waals surface area contributed by atoms with Crippen LogP contribution in [-0.2, 0) is 19.1 Å². The molecule has 4 N–H and O–H groups in total. The maximum Gasteiger partial charge on any atom is 0.408 e. The highest BCUT2D eigenvalue weighted by Gasteiger charge is 2.61. The second kappa shape index (κ2) is 17.8. The Labute approximate surface area is 353 Å². The van der Waals surface area contributed by atoms with E-state index in [9.17, 15) is 24.3 Å². The van der Waals surface area contributed by atoms with Crippen LogP contribution in [0.2, 0.25) is 5.02 Å². The van der Waals surface area contributed by atoms with E-state index < -0.39 is 53.0 Å². The molecule has 7 atom stereocenters. The number of carboxylic acids is 1. The number of halogens is 1. The number of aromatic nitrogens is 2. The summed E-state index contributed by atoms with van der Waals surface area (Å²) < 4.78 is 18.1. The van der Waals surface area contributed by atoms with Crippen LogP contribution in [0.3, 0.4) is 0 Å². The summed E-state index contributed by atoms with van der Waals surface area (Å²) in [4.78, 5) is 65.7. The first kappa shape index (κ1) is 43.7. The van der Waals surface area contributed by atoms with E-state index in [2.05, 4.69) is 22.9 Å². The van der Waals surface area contributed by atoms with Crippen molar-refractivity contribution in [1.82, 2.24) is 25.5 Å². The van der Waals surface area contributed by atoms with E-state index >= 15 is 0 Å². The number of nitriles is 1. The topological polar surface area (TPSA) is 205 Å². The normalized spacial score (nSPS) is 24.3. The Kier molecular flexibility index (Phi) is 13.2. The number of carbonyl (C=O) groups is 4. The third kappa shape index (κ3) is 9.62. The minimum Gasteiger partial charge on any atom is -0.488 e. The number of nitrogens with one attached hydrogen (secondary N) is 3. The number of anilines is 1. The van der Waals surface area contributed by atoms with Gasteiger partial charge in [0.15, 0.2) is 11.7 Å². The highest BCUT2D eigenvalue weighted by atomic mass is 35.5. The summed E-state index contributed by atoms with van der Waals surface area (Å²) in [6.07, 6.45) is 2.60. The molecule has 3 aromatic rings. The van der Waals surface area contributed by atoms with Gasteiger partial charge in [0.25, 0.3) is 0 Å². The van der Waals surface area contributed by atoms with Gasteiger partial charge < -0.3 is 40.2 Å². The lowest BCUT2D eigenvalue weighted by atomic mass is 9.85. The molecule has 15 nitrogen and oxygen atoms in total. The minimum atomic E-state index is -1.43. The number of ether oxygens (including phenoxy) is 3. The maximum atomic E-state index is 14.7. The zero-order valence-corrected chi connectivity index (χ0v) is 36.2. The number of amides is 3. The largest absolute Gasteiger partial charge is 0.488 e. The van der Waals surface area contributed by atoms with Gasteiger partial charge in [0.1, 0.15) is 58.1 Å². The third-order valence-corrected chi connectivity index (χ3v) is 12.6. The number of hydrogen-bond acceptors (Lipinski definition) is 12. The Morgan fingerprint density at radius 3 is 2.47 bits per heavy atom. The van der Waals surface area contributed by atoms with Gasteiger partial charge in [-0.1, -0.05) is 59.1 Å². The Hall–Kier alpha value is -4.88. The van der Waals surface area contributed by atoms with Crippen LogP contribution < -0.4 is 25.4 Å². The minimum absolute atomic E-state index is 0.0151. The molecule has 2 saturated carbocycles. The molecule has 3 amide bonds. The second-order valence-electron chi connectivity index (χ2n) is 17.2. The second-order valence-corrected chi connectivity index (χ2v) is 18.4. The van der Waals surface area contributed by atoms with E-state index in [0.717, 1.165) is 25.7 Å². The van der Waals surface area contributed by atoms with Gasteiger partial charge in [-0.25, -0.2) is 19.6 Å². The number of likely N-dealkylation sites (tertiary alicyclic amines) is 1. The molecular weight excluding hydrogens is 798 g/mol. The predicted octanol–water partition coefficient (Wildman–Crippen LogP) is 7.17. The molecule has 17 heteroatoms. The Morgan fingerprint density at radius 2 is 1.85 bits per heavy atom. The van der Waals surface area contributed by atoms with Crippen LogP contribution in [0.15, 0.2) is 23.6 Å². The Balaban J connectivity index is 1.34. The average Bonchev–Trinajstić information content (AvgIpc) is 3.54. The number of hydrogen-bond donors (Lipinski definition) is 4. The van der Waals surface area contributed by atoms with Gasteiger partial charge in [-0.2, -0.15) is 5.26 Å². The SMILES string of the molecule is CC[C@@H]1CC[C@H](OC(=O)NC(C(=O)N2C[C@@H](Oc3cc(-c4csc(NC(C)C)n4)nc4c(Cl)c(OCC#N)ccc34)C[C@H]2C(=O)N[C@]2(C(=O)O)C[C@H]2CC)C(C)(C)C)C1. The standard InChI is InChI=1S/C42H54ClN7O8S/c1-8-23-10-11-25(16-23)58-40(55)48-35(41(5,6)7)37(52)50-20-26(17-30(50)36(51)49-42(38(53)54)19-24(42)9-2)57-32-18-28(29-21-59-39(47-29)45-22(3)4)46-34-27(32)12-13-31(33(34)43)56-15-14-44/h12-13,18,21-26,30,35H,8-11,15-17,19-20H2,1-7H3,(H,45,47)(H,48,55)(H,49,51)(H,53,54)/t23-,24-,25+,26+,30+,35?,42-/m1/s1. The average molecular weight is 852 g/mol. The molecule has 1 aliphatic heterocycles. The molecule has 0 bridgehead atoms. The molecule has 59 heavy (non-hydrogen) atoms. The summed E-state index contributed by atoms with van der Waals surface area (Å²) in [5.74, 6) is -1.46. The molecule has 3 heterocycles. The molecule has 318 valence electrons. The van der Waals surface area contributed by atoms with Crippen molar-refractivity contribution >= 4 is 62.8 Å². The highest BCUT2D eigenvalue weighted by Crippen LogP contribution is 2.47. The fraction of sp³-hybridized carbons (Fsp3) is 0.595. The lowest BCUT2D eigenvalue weighted by Gasteiger charge is -2.35. The predicted molar refractivity (Wildman–Crippen MR) is 223 cm³/mol. The molecule has 2 aromatic heterocycles. The third-order valence-electron chi connectivity index (χ3n) is 11.5. The molecule has 0 spiro atoms. The van der Waals surface area contributed by atoms with Crippen LogP contribution in [-0.4, -0.2) is 92.9 Å². The number of rotatable bonds is 15. The fourth-order valence-corrected chi connectivity index (χ4v) is 9.25. The van der Waals surface area contributed by atoms with Crippen LogP contribution in [0.4, 0.5) is 9.93 Å². The summed E-state index contributed by atoms with van der Waals surface area (Å²) in [7, 11) is 0. The molecule has 3 fully saturated rings. The van der Waals surface area contributed by atoms with Gasteiger partial charge in [0.2, 0.25) is 11.8 Å². The number of fused-ring (bicyclic) bond motifs is 1. The lowest BCUT2D eigenvalue weighted by molar-refractivity contribution is -0.146. The Bertz CT molecular complexity index is 2120. The lowest BCUT2D eigenvalue weighted by Crippen LogP contribution is -2.59. The summed E-state index contributed by atoms with van der Waals surface area (Å²) >= 11 is 8.26. The van der Waals surface area contributed by atoms with Crippen LogP contribution in [0, 0.1) is 28.6 Å².